The molecule has 5 N–H and O–H groups in total. The molecule has 16 heteroatoms. The molecule has 0 radical (unpaired) electrons. The van der Waals surface area contributed by atoms with E-state index in [2.05, 4.69) is 15.4 Å². The van der Waals surface area contributed by atoms with Crippen LogP contribution in [0.1, 0.15) is 85.3 Å². The maximum Gasteiger partial charge on any atom is 0.254 e. The first-order chi connectivity index (χ1) is 29.7. The molecule has 1 saturated heterocycles. The molecule has 2 aromatic rings. The quantitative estimate of drug-likeness (QED) is 0.112. The third kappa shape index (κ3) is 14.8. The number of nitrogen functional groups attached to an aromatic ring is 1. The summed E-state index contributed by atoms with van der Waals surface area (Å²) in [4.78, 5) is 75.2. The molecule has 1 aliphatic rings. The molecule has 1 fully saturated rings. The topological polar surface area (TPSA) is 193 Å². The first-order valence-corrected chi connectivity index (χ1v) is 23.5. The van der Waals surface area contributed by atoms with Crippen LogP contribution in [0.3, 0.4) is 0 Å². The van der Waals surface area contributed by atoms with Crippen LogP contribution in [0.15, 0.2) is 54.6 Å². The SMILES string of the molecule is CC[C@@H](C)[C@@H]([C@@H](CC(=O)N1CCC[C@H]1[C@H](OC)[C@@H](C)C(=O)N[C@@H](Cc1ccccc1)C(=O)NS(=O)Cc1ccc(N)cc1)OC)N(C)C(=O)[C@@H](NC(=O)[C@H](C(C)C)N(C)C)C(C)C. The molecule has 2 aromatic carbocycles. The van der Waals surface area contributed by atoms with Crippen molar-refractivity contribution in [3.05, 3.63) is 65.7 Å². The van der Waals surface area contributed by atoms with Gasteiger partial charge in [-0.2, -0.15) is 0 Å². The monoisotopic (exact) mass is 898 g/mol. The van der Waals surface area contributed by atoms with Crippen LogP contribution in [0, 0.1) is 23.7 Å². The zero-order valence-corrected chi connectivity index (χ0v) is 40.4. The van der Waals surface area contributed by atoms with E-state index < -0.39 is 71.1 Å². The highest BCUT2D eigenvalue weighted by molar-refractivity contribution is 7.82. The summed E-state index contributed by atoms with van der Waals surface area (Å²) < 4.78 is 27.7. The van der Waals surface area contributed by atoms with Gasteiger partial charge in [0, 0.05) is 39.9 Å². The lowest BCUT2D eigenvalue weighted by atomic mass is 9.89. The van der Waals surface area contributed by atoms with Crippen molar-refractivity contribution in [2.45, 2.75) is 129 Å². The molecule has 1 heterocycles. The van der Waals surface area contributed by atoms with Gasteiger partial charge in [-0.25, -0.2) is 4.21 Å². The number of hydrogen-bond donors (Lipinski definition) is 4. The van der Waals surface area contributed by atoms with Gasteiger partial charge >= 0.3 is 0 Å². The normalized spacial score (nSPS) is 18.5. The number of methoxy groups -OCH3 is 2. The summed E-state index contributed by atoms with van der Waals surface area (Å²) in [5, 5.41) is 5.93. The summed E-state index contributed by atoms with van der Waals surface area (Å²) in [5.74, 6) is -2.70. The minimum atomic E-state index is -1.78. The zero-order valence-electron chi connectivity index (χ0n) is 39.6. The zero-order chi connectivity index (χ0) is 47.1. The van der Waals surface area contributed by atoms with Gasteiger partial charge in [-0.1, -0.05) is 97.4 Å². The van der Waals surface area contributed by atoms with E-state index in [9.17, 15) is 28.2 Å². The van der Waals surface area contributed by atoms with Crippen molar-refractivity contribution in [3.8, 4) is 0 Å². The Morgan fingerprint density at radius 1 is 0.841 bits per heavy atom. The Labute approximate surface area is 378 Å². The van der Waals surface area contributed by atoms with E-state index in [1.54, 1.807) is 55.1 Å². The van der Waals surface area contributed by atoms with Gasteiger partial charge in [0.25, 0.3) is 5.91 Å². The van der Waals surface area contributed by atoms with E-state index in [4.69, 9.17) is 15.2 Å². The van der Waals surface area contributed by atoms with E-state index in [1.165, 1.54) is 7.11 Å². The van der Waals surface area contributed by atoms with Crippen molar-refractivity contribution in [2.24, 2.45) is 23.7 Å². The number of likely N-dealkylation sites (N-methyl/N-ethyl adjacent to an activating group) is 2. The summed E-state index contributed by atoms with van der Waals surface area (Å²) in [6.45, 7) is 14.0. The van der Waals surface area contributed by atoms with Gasteiger partial charge in [-0.3, -0.25) is 33.6 Å². The van der Waals surface area contributed by atoms with Crippen molar-refractivity contribution in [2.75, 3.05) is 47.6 Å². The minimum absolute atomic E-state index is 0.0231. The third-order valence-electron chi connectivity index (χ3n) is 12.4. The minimum Gasteiger partial charge on any atom is -0.399 e. The number of amides is 5. The van der Waals surface area contributed by atoms with Crippen LogP contribution in [0.5, 0.6) is 0 Å². The predicted octanol–water partition coefficient (Wildman–Crippen LogP) is 3.92. The highest BCUT2D eigenvalue weighted by Gasteiger charge is 2.43. The van der Waals surface area contributed by atoms with E-state index >= 15 is 0 Å². The number of carbonyl (C=O) groups excluding carboxylic acids is 5. The second-order valence-electron chi connectivity index (χ2n) is 17.9. The van der Waals surface area contributed by atoms with Crippen molar-refractivity contribution >= 4 is 46.2 Å². The Hall–Kier alpha value is -4.38. The Bertz CT molecular complexity index is 1810. The van der Waals surface area contributed by atoms with Gasteiger partial charge in [0.1, 0.15) is 23.1 Å². The van der Waals surface area contributed by atoms with Gasteiger partial charge in [-0.05, 0) is 68.0 Å². The molecule has 0 aromatic heterocycles. The van der Waals surface area contributed by atoms with Crippen molar-refractivity contribution in [1.29, 1.82) is 0 Å². The van der Waals surface area contributed by atoms with E-state index in [-0.39, 0.29) is 54.1 Å². The number of likely N-dealkylation sites (tertiary alicyclic amines) is 1. The molecule has 10 atom stereocenters. The number of benzene rings is 2. The van der Waals surface area contributed by atoms with Crippen LogP contribution >= 0.6 is 0 Å². The molecule has 3 rings (SSSR count). The number of nitrogens with two attached hydrogens (primary N) is 1. The van der Waals surface area contributed by atoms with Crippen molar-refractivity contribution < 1.29 is 37.7 Å². The molecule has 1 aliphatic heterocycles. The number of nitrogens with one attached hydrogen (secondary N) is 3. The van der Waals surface area contributed by atoms with E-state index in [1.807, 2.05) is 90.9 Å². The highest BCUT2D eigenvalue weighted by atomic mass is 32.2. The second-order valence-corrected chi connectivity index (χ2v) is 19.1. The molecule has 0 aliphatic carbocycles. The summed E-state index contributed by atoms with van der Waals surface area (Å²) in [5.41, 5.74) is 7.89. The molecule has 0 spiro atoms. The van der Waals surface area contributed by atoms with Crippen LogP contribution in [-0.2, 0) is 56.6 Å². The Morgan fingerprint density at radius 2 is 1.48 bits per heavy atom. The third-order valence-corrected chi connectivity index (χ3v) is 13.4. The predicted molar refractivity (Wildman–Crippen MR) is 248 cm³/mol. The average molecular weight is 898 g/mol. The molecule has 15 nitrogen and oxygen atoms in total. The smallest absolute Gasteiger partial charge is 0.254 e. The number of rotatable bonds is 24. The fraction of sp³-hybridized carbons (Fsp3) is 0.638. The molecule has 0 bridgehead atoms. The maximum atomic E-state index is 14.4. The standard InChI is InChI=1S/C47H75N7O8S/c1-13-31(6)42(53(10)47(59)40(29(2)3)50-46(58)41(30(4)5)52(8)9)38(61-11)27-39(55)54-25-17-20-37(54)43(62-12)32(7)44(56)49-36(26-33-18-15-14-16-19-33)45(57)51-63(60)28-34-21-23-35(48)24-22-34/h14-16,18-19,21-24,29-32,36-38,40-43H,13,17,20,25-28,48H2,1-12H3,(H,49,56)(H,50,58)(H,51,57)/t31-,32-,36+,37+,38-,40+,41+,42+,43-,63?/m1/s1. The lowest BCUT2D eigenvalue weighted by Gasteiger charge is -2.41. The fourth-order valence-corrected chi connectivity index (χ4v) is 9.69. The number of nitrogens with zero attached hydrogens (tertiary/aromatic N) is 3. The Kier molecular flexibility index (Phi) is 21.2. The molecule has 5 amide bonds. The summed E-state index contributed by atoms with van der Waals surface area (Å²) in [6.07, 6.45) is 0.705. The van der Waals surface area contributed by atoms with Crippen LogP contribution in [0.25, 0.3) is 0 Å². The van der Waals surface area contributed by atoms with Crippen LogP contribution in [-0.4, -0.2) is 133 Å². The molecule has 0 saturated carbocycles. The van der Waals surface area contributed by atoms with Gasteiger partial charge in [-0.15, -0.1) is 0 Å². The van der Waals surface area contributed by atoms with Crippen molar-refractivity contribution in [3.63, 3.8) is 0 Å². The lowest BCUT2D eigenvalue weighted by molar-refractivity contribution is -0.148. The molecule has 1 unspecified atom stereocenters. The summed E-state index contributed by atoms with van der Waals surface area (Å²) >= 11 is 0. The largest absolute Gasteiger partial charge is 0.399 e. The number of carbonyl (C=O) groups is 5. The summed E-state index contributed by atoms with van der Waals surface area (Å²) in [6, 6.07) is 12.9. The fourth-order valence-electron chi connectivity index (χ4n) is 8.76. The van der Waals surface area contributed by atoms with Gasteiger partial charge in [0.15, 0.2) is 0 Å². The van der Waals surface area contributed by atoms with Crippen LogP contribution in [0.2, 0.25) is 0 Å². The molecule has 63 heavy (non-hydrogen) atoms. The first-order valence-electron chi connectivity index (χ1n) is 22.2. The highest BCUT2D eigenvalue weighted by Crippen LogP contribution is 2.30. The number of hydrogen-bond acceptors (Lipinski definition) is 10. The van der Waals surface area contributed by atoms with Gasteiger partial charge in [0.2, 0.25) is 23.6 Å². The molecular weight excluding hydrogens is 823 g/mol. The van der Waals surface area contributed by atoms with Gasteiger partial charge in [0.05, 0.1) is 48.4 Å². The summed E-state index contributed by atoms with van der Waals surface area (Å²) in [7, 11) is 6.68. The first kappa shape index (κ1) is 53.0. The van der Waals surface area contributed by atoms with E-state index in [0.717, 1.165) is 11.1 Å². The van der Waals surface area contributed by atoms with Gasteiger partial charge < -0.3 is 35.6 Å². The number of ether oxygens (including phenoxy) is 2. The Morgan fingerprint density at radius 3 is 2.02 bits per heavy atom. The average Bonchev–Trinajstić information content (AvgIpc) is 3.72. The maximum absolute atomic E-state index is 14.4. The number of anilines is 1. The lowest BCUT2D eigenvalue weighted by Crippen LogP contribution is -2.59. The Balaban J connectivity index is 1.80. The molecular formula is C47H75N7O8S. The molecule has 352 valence electrons. The van der Waals surface area contributed by atoms with Crippen molar-refractivity contribution in [1.82, 2.24) is 30.1 Å². The van der Waals surface area contributed by atoms with Crippen LogP contribution in [0.4, 0.5) is 5.69 Å². The van der Waals surface area contributed by atoms with Crippen LogP contribution < -0.4 is 21.1 Å². The van der Waals surface area contributed by atoms with E-state index in [0.29, 0.717) is 31.5 Å². The second kappa shape index (κ2) is 25.2.